The van der Waals surface area contributed by atoms with Gasteiger partial charge in [-0.15, -0.1) is 0 Å². The summed E-state index contributed by atoms with van der Waals surface area (Å²) in [5.74, 6) is 0.918. The van der Waals surface area contributed by atoms with Crippen LogP contribution in [0.1, 0.15) is 30.6 Å². The summed E-state index contributed by atoms with van der Waals surface area (Å²) in [6, 6.07) is 9.17. The van der Waals surface area contributed by atoms with Crippen LogP contribution in [0.5, 0.6) is 11.5 Å². The second kappa shape index (κ2) is 9.36. The minimum absolute atomic E-state index is 0.144. The van der Waals surface area contributed by atoms with Crippen LogP contribution in [0.25, 0.3) is 0 Å². The van der Waals surface area contributed by atoms with Gasteiger partial charge in [-0.2, -0.15) is 0 Å². The fraction of sp³-hybridized carbons (Fsp3) is 0.429. The lowest BCUT2D eigenvalue weighted by atomic mass is 9.99. The first-order valence-electron chi connectivity index (χ1n) is 9.66. The van der Waals surface area contributed by atoms with Crippen molar-refractivity contribution in [1.82, 2.24) is 14.8 Å². The standard InChI is InChI=1S/C21H27N3O5/c1-4-29-19(25)9-10-22-21(26)24-13-12-23-11-5-6-16(23)20(24)15-7-8-17(27-2)18(14-15)28-3/h5-8,11,14,20H,4,9-10,12-13H2,1-3H3,(H,22,26)/t20-/m0/s1. The minimum atomic E-state index is -0.322. The molecule has 2 amide bonds. The number of methoxy groups -OCH3 is 2. The second-order valence-corrected chi connectivity index (χ2v) is 6.62. The lowest BCUT2D eigenvalue weighted by Crippen LogP contribution is -2.47. The molecule has 8 nitrogen and oxygen atoms in total. The van der Waals surface area contributed by atoms with Gasteiger partial charge in [-0.05, 0) is 36.8 Å². The maximum Gasteiger partial charge on any atom is 0.318 e. The molecule has 0 saturated carbocycles. The van der Waals surface area contributed by atoms with Crippen molar-refractivity contribution >= 4 is 12.0 Å². The Bertz CT molecular complexity index is 864. The van der Waals surface area contributed by atoms with Crippen LogP contribution < -0.4 is 14.8 Å². The van der Waals surface area contributed by atoms with Crippen molar-refractivity contribution in [2.24, 2.45) is 0 Å². The number of hydrogen-bond acceptors (Lipinski definition) is 5. The number of benzene rings is 1. The molecule has 0 radical (unpaired) electrons. The van der Waals surface area contributed by atoms with E-state index >= 15 is 0 Å². The van der Waals surface area contributed by atoms with Gasteiger partial charge in [0.05, 0.1) is 33.3 Å². The zero-order valence-corrected chi connectivity index (χ0v) is 17.0. The number of nitrogens with one attached hydrogen (secondary N) is 1. The largest absolute Gasteiger partial charge is 0.493 e. The van der Waals surface area contributed by atoms with Gasteiger partial charge in [-0.1, -0.05) is 6.07 Å². The molecule has 156 valence electrons. The molecule has 2 aromatic rings. The molecule has 1 aromatic heterocycles. The third-order valence-electron chi connectivity index (χ3n) is 4.93. The van der Waals surface area contributed by atoms with E-state index in [0.29, 0.717) is 31.2 Å². The van der Waals surface area contributed by atoms with E-state index in [1.807, 2.05) is 36.5 Å². The highest BCUT2D eigenvalue weighted by Crippen LogP contribution is 2.37. The van der Waals surface area contributed by atoms with Gasteiger partial charge in [0.1, 0.15) is 0 Å². The number of urea groups is 1. The molecule has 3 rings (SSSR count). The Kier molecular flexibility index (Phi) is 6.64. The number of hydrogen-bond donors (Lipinski definition) is 1. The zero-order valence-electron chi connectivity index (χ0n) is 17.0. The van der Waals surface area contributed by atoms with Crippen LogP contribution in [-0.4, -0.2) is 55.4 Å². The lowest BCUT2D eigenvalue weighted by molar-refractivity contribution is -0.142. The van der Waals surface area contributed by atoms with Crippen molar-refractivity contribution in [3.63, 3.8) is 0 Å². The number of amides is 2. The molecule has 2 heterocycles. The third kappa shape index (κ3) is 4.47. The Morgan fingerprint density at radius 1 is 1.14 bits per heavy atom. The fourth-order valence-corrected chi connectivity index (χ4v) is 3.58. The Morgan fingerprint density at radius 2 is 1.93 bits per heavy atom. The Morgan fingerprint density at radius 3 is 2.66 bits per heavy atom. The summed E-state index contributed by atoms with van der Waals surface area (Å²) in [6.07, 6.45) is 2.16. The van der Waals surface area contributed by atoms with E-state index in [-0.39, 0.29) is 31.0 Å². The van der Waals surface area contributed by atoms with Gasteiger partial charge in [0.15, 0.2) is 11.5 Å². The molecule has 29 heavy (non-hydrogen) atoms. The molecular weight excluding hydrogens is 374 g/mol. The van der Waals surface area contributed by atoms with Crippen LogP contribution >= 0.6 is 0 Å². The molecule has 8 heteroatoms. The first-order chi connectivity index (χ1) is 14.1. The minimum Gasteiger partial charge on any atom is -0.493 e. The quantitative estimate of drug-likeness (QED) is 0.721. The molecule has 0 bridgehead atoms. The van der Waals surface area contributed by atoms with Gasteiger partial charge in [0, 0.05) is 31.5 Å². The monoisotopic (exact) mass is 401 g/mol. The topological polar surface area (TPSA) is 82.0 Å². The van der Waals surface area contributed by atoms with Crippen LogP contribution in [0.4, 0.5) is 4.79 Å². The molecule has 1 N–H and O–H groups in total. The Labute approximate surface area is 170 Å². The van der Waals surface area contributed by atoms with Crippen molar-refractivity contribution in [3.8, 4) is 11.5 Å². The molecule has 1 atom stereocenters. The number of ether oxygens (including phenoxy) is 3. The summed E-state index contributed by atoms with van der Waals surface area (Å²) in [7, 11) is 3.18. The van der Waals surface area contributed by atoms with E-state index in [4.69, 9.17) is 14.2 Å². The number of esters is 1. The highest BCUT2D eigenvalue weighted by Gasteiger charge is 2.32. The molecule has 0 unspecified atom stereocenters. The summed E-state index contributed by atoms with van der Waals surface area (Å²) in [4.78, 5) is 26.2. The van der Waals surface area contributed by atoms with Gasteiger partial charge < -0.3 is 29.0 Å². The van der Waals surface area contributed by atoms with E-state index in [9.17, 15) is 9.59 Å². The molecule has 1 aliphatic rings. The van der Waals surface area contributed by atoms with Gasteiger partial charge in [0.2, 0.25) is 0 Å². The summed E-state index contributed by atoms with van der Waals surface area (Å²) < 4.78 is 17.8. The van der Waals surface area contributed by atoms with Crippen LogP contribution in [-0.2, 0) is 16.1 Å². The summed E-state index contributed by atoms with van der Waals surface area (Å²) >= 11 is 0. The molecule has 0 saturated heterocycles. The fourth-order valence-electron chi connectivity index (χ4n) is 3.58. The number of carbonyl (C=O) groups is 2. The average Bonchev–Trinajstić information content (AvgIpc) is 3.21. The Balaban J connectivity index is 1.83. The molecule has 0 aliphatic carbocycles. The van der Waals surface area contributed by atoms with Crippen LogP contribution in [0.2, 0.25) is 0 Å². The first kappa shape index (κ1) is 20.6. The summed E-state index contributed by atoms with van der Waals surface area (Å²) in [5.41, 5.74) is 1.94. The zero-order chi connectivity index (χ0) is 20.8. The van der Waals surface area contributed by atoms with E-state index in [2.05, 4.69) is 9.88 Å². The molecule has 1 aromatic carbocycles. The third-order valence-corrected chi connectivity index (χ3v) is 4.93. The van der Waals surface area contributed by atoms with Gasteiger partial charge in [-0.3, -0.25) is 4.79 Å². The normalized spacial score (nSPS) is 15.4. The Hall–Kier alpha value is -3.16. The molecule has 0 fully saturated rings. The van der Waals surface area contributed by atoms with Crippen molar-refractivity contribution in [3.05, 3.63) is 47.8 Å². The predicted octanol–water partition coefficient (Wildman–Crippen LogP) is 2.57. The smallest absolute Gasteiger partial charge is 0.318 e. The van der Waals surface area contributed by atoms with Crippen LogP contribution in [0.3, 0.4) is 0 Å². The first-order valence-corrected chi connectivity index (χ1v) is 9.66. The van der Waals surface area contributed by atoms with Crippen LogP contribution in [0.15, 0.2) is 36.5 Å². The maximum absolute atomic E-state index is 12.9. The van der Waals surface area contributed by atoms with Crippen molar-refractivity contribution in [1.29, 1.82) is 0 Å². The number of carbonyl (C=O) groups excluding carboxylic acids is 2. The number of nitrogens with zero attached hydrogens (tertiary/aromatic N) is 2. The van der Waals surface area contributed by atoms with Crippen molar-refractivity contribution < 1.29 is 23.8 Å². The van der Waals surface area contributed by atoms with Crippen LogP contribution in [0, 0.1) is 0 Å². The van der Waals surface area contributed by atoms with Crippen molar-refractivity contribution in [2.75, 3.05) is 33.9 Å². The lowest BCUT2D eigenvalue weighted by Gasteiger charge is -2.37. The van der Waals surface area contributed by atoms with Gasteiger partial charge in [-0.25, -0.2) is 4.79 Å². The van der Waals surface area contributed by atoms with E-state index in [1.165, 1.54) is 0 Å². The van der Waals surface area contributed by atoms with Gasteiger partial charge in [0.25, 0.3) is 0 Å². The van der Waals surface area contributed by atoms with Crippen molar-refractivity contribution in [2.45, 2.75) is 25.9 Å². The summed E-state index contributed by atoms with van der Waals surface area (Å²) in [5, 5.41) is 2.84. The van der Waals surface area contributed by atoms with E-state index in [1.54, 1.807) is 26.0 Å². The second-order valence-electron chi connectivity index (χ2n) is 6.62. The number of aromatic nitrogens is 1. The SMILES string of the molecule is CCOC(=O)CCNC(=O)N1CCn2cccc2[C@@H]1c1ccc(OC)c(OC)c1. The van der Waals surface area contributed by atoms with E-state index in [0.717, 1.165) is 11.3 Å². The highest BCUT2D eigenvalue weighted by atomic mass is 16.5. The molecular formula is C21H27N3O5. The van der Waals surface area contributed by atoms with E-state index < -0.39 is 0 Å². The molecule has 0 spiro atoms. The average molecular weight is 401 g/mol. The summed E-state index contributed by atoms with van der Waals surface area (Å²) in [6.45, 7) is 3.57. The van der Waals surface area contributed by atoms with Gasteiger partial charge >= 0.3 is 12.0 Å². The number of rotatable bonds is 7. The molecule has 1 aliphatic heterocycles. The highest BCUT2D eigenvalue weighted by molar-refractivity contribution is 5.77. The predicted molar refractivity (Wildman–Crippen MR) is 107 cm³/mol. The number of fused-ring (bicyclic) bond motifs is 1. The maximum atomic E-state index is 12.9.